The van der Waals surface area contributed by atoms with Gasteiger partial charge in [0.2, 0.25) is 0 Å². The van der Waals surface area contributed by atoms with Crippen molar-refractivity contribution in [3.05, 3.63) is 47.4 Å². The summed E-state index contributed by atoms with van der Waals surface area (Å²) >= 11 is 5.98. The van der Waals surface area contributed by atoms with Gasteiger partial charge in [-0.3, -0.25) is 4.68 Å². The zero-order valence-corrected chi connectivity index (χ0v) is 13.0. The molecule has 2 aromatic heterocycles. The van der Waals surface area contributed by atoms with E-state index in [0.29, 0.717) is 6.04 Å². The van der Waals surface area contributed by atoms with Gasteiger partial charge in [-0.2, -0.15) is 5.10 Å². The van der Waals surface area contributed by atoms with Crippen molar-refractivity contribution in [2.24, 2.45) is 7.05 Å². The minimum Gasteiger partial charge on any atom is -0.349 e. The average molecular weight is 314 g/mol. The molecule has 6 heteroatoms. The van der Waals surface area contributed by atoms with Crippen molar-refractivity contribution < 1.29 is 0 Å². The van der Waals surface area contributed by atoms with Crippen LogP contribution in [0.1, 0.15) is 18.4 Å². The summed E-state index contributed by atoms with van der Waals surface area (Å²) in [6, 6.07) is 8.55. The van der Waals surface area contributed by atoms with Crippen molar-refractivity contribution in [2.75, 3.05) is 4.90 Å². The molecule has 0 atom stereocenters. The zero-order chi connectivity index (χ0) is 15.1. The van der Waals surface area contributed by atoms with Crippen LogP contribution in [0.4, 0.5) is 5.82 Å². The molecule has 5 nitrogen and oxygen atoms in total. The Bertz CT molecular complexity index is 807. The van der Waals surface area contributed by atoms with Crippen molar-refractivity contribution in [1.29, 1.82) is 0 Å². The van der Waals surface area contributed by atoms with Crippen LogP contribution in [0.5, 0.6) is 0 Å². The van der Waals surface area contributed by atoms with Gasteiger partial charge in [-0.1, -0.05) is 23.7 Å². The fourth-order valence-electron chi connectivity index (χ4n) is 2.73. The van der Waals surface area contributed by atoms with E-state index >= 15 is 0 Å². The molecular formula is C16H16ClN5. The smallest absolute Gasteiger partial charge is 0.163 e. The molecule has 0 unspecified atom stereocenters. The minimum absolute atomic E-state index is 0.550. The molecule has 1 aliphatic rings. The lowest BCUT2D eigenvalue weighted by Crippen LogP contribution is -2.26. The third-order valence-corrected chi connectivity index (χ3v) is 4.29. The summed E-state index contributed by atoms with van der Waals surface area (Å²) in [6.07, 6.45) is 5.89. The summed E-state index contributed by atoms with van der Waals surface area (Å²) in [4.78, 5) is 11.2. The molecule has 0 radical (unpaired) electrons. The van der Waals surface area contributed by atoms with Crippen LogP contribution in [0.25, 0.3) is 11.0 Å². The van der Waals surface area contributed by atoms with Crippen molar-refractivity contribution in [3.8, 4) is 0 Å². The maximum atomic E-state index is 5.98. The molecule has 3 aromatic rings. The van der Waals surface area contributed by atoms with Crippen LogP contribution in [0.15, 0.2) is 36.8 Å². The van der Waals surface area contributed by atoms with Crippen molar-refractivity contribution in [1.82, 2.24) is 19.7 Å². The van der Waals surface area contributed by atoms with E-state index in [1.54, 1.807) is 11.0 Å². The van der Waals surface area contributed by atoms with E-state index in [0.717, 1.165) is 28.4 Å². The van der Waals surface area contributed by atoms with Gasteiger partial charge in [0, 0.05) is 24.7 Å². The number of aryl methyl sites for hydroxylation is 1. The summed E-state index contributed by atoms with van der Waals surface area (Å²) in [5, 5.41) is 6.08. The van der Waals surface area contributed by atoms with E-state index in [9.17, 15) is 0 Å². The number of rotatable bonds is 4. The van der Waals surface area contributed by atoms with Gasteiger partial charge in [0.25, 0.3) is 0 Å². The second kappa shape index (κ2) is 5.25. The highest BCUT2D eigenvalue weighted by atomic mass is 35.5. The van der Waals surface area contributed by atoms with Crippen LogP contribution >= 0.6 is 11.6 Å². The Morgan fingerprint density at radius 1 is 1.23 bits per heavy atom. The molecule has 0 amide bonds. The summed E-state index contributed by atoms with van der Waals surface area (Å²) in [7, 11) is 1.90. The molecule has 1 fully saturated rings. The molecule has 0 saturated heterocycles. The fourth-order valence-corrected chi connectivity index (χ4v) is 2.85. The van der Waals surface area contributed by atoms with E-state index < -0.39 is 0 Å². The lowest BCUT2D eigenvalue weighted by molar-refractivity contribution is 0.775. The summed E-state index contributed by atoms with van der Waals surface area (Å²) in [5.74, 6) is 0.968. The van der Waals surface area contributed by atoms with Crippen LogP contribution < -0.4 is 4.90 Å². The SMILES string of the molecule is Cn1ncc2c(N(Cc3ccc(Cl)cc3)C3CC3)ncnc21. The quantitative estimate of drug-likeness (QED) is 0.742. The number of nitrogens with zero attached hydrogens (tertiary/aromatic N) is 5. The first-order chi connectivity index (χ1) is 10.7. The van der Waals surface area contributed by atoms with Crippen LogP contribution in [0.2, 0.25) is 5.02 Å². The number of anilines is 1. The number of hydrogen-bond acceptors (Lipinski definition) is 4. The van der Waals surface area contributed by atoms with Gasteiger partial charge in [-0.05, 0) is 30.5 Å². The Labute approximate surface area is 133 Å². The monoisotopic (exact) mass is 313 g/mol. The van der Waals surface area contributed by atoms with Crippen molar-refractivity contribution in [2.45, 2.75) is 25.4 Å². The van der Waals surface area contributed by atoms with E-state index in [2.05, 4.69) is 32.1 Å². The highest BCUT2D eigenvalue weighted by Crippen LogP contribution is 2.35. The van der Waals surface area contributed by atoms with Gasteiger partial charge in [0.1, 0.15) is 12.1 Å². The fraction of sp³-hybridized carbons (Fsp3) is 0.312. The molecule has 4 rings (SSSR count). The van der Waals surface area contributed by atoms with Gasteiger partial charge < -0.3 is 4.90 Å². The zero-order valence-electron chi connectivity index (χ0n) is 12.3. The Morgan fingerprint density at radius 3 is 2.73 bits per heavy atom. The van der Waals surface area contributed by atoms with E-state index in [-0.39, 0.29) is 0 Å². The molecule has 0 bridgehead atoms. The van der Waals surface area contributed by atoms with Crippen molar-refractivity contribution in [3.63, 3.8) is 0 Å². The maximum absolute atomic E-state index is 5.98. The Morgan fingerprint density at radius 2 is 2.00 bits per heavy atom. The van der Waals surface area contributed by atoms with Crippen LogP contribution in [0, 0.1) is 0 Å². The van der Waals surface area contributed by atoms with E-state index in [4.69, 9.17) is 11.6 Å². The first-order valence-corrected chi connectivity index (χ1v) is 7.74. The highest BCUT2D eigenvalue weighted by molar-refractivity contribution is 6.30. The molecular weight excluding hydrogens is 298 g/mol. The molecule has 112 valence electrons. The van der Waals surface area contributed by atoms with Gasteiger partial charge >= 0.3 is 0 Å². The summed E-state index contributed by atoms with van der Waals surface area (Å²) in [5.41, 5.74) is 2.10. The molecule has 0 aliphatic heterocycles. The summed E-state index contributed by atoms with van der Waals surface area (Å²) < 4.78 is 1.79. The maximum Gasteiger partial charge on any atom is 0.163 e. The number of aromatic nitrogens is 4. The second-order valence-corrected chi connectivity index (χ2v) is 6.12. The molecule has 1 aliphatic carbocycles. The van der Waals surface area contributed by atoms with Gasteiger partial charge in [0.05, 0.1) is 11.6 Å². The molecule has 2 heterocycles. The number of halogens is 1. The van der Waals surface area contributed by atoms with Crippen LogP contribution in [-0.4, -0.2) is 25.8 Å². The van der Waals surface area contributed by atoms with Gasteiger partial charge in [-0.15, -0.1) is 0 Å². The standard InChI is InChI=1S/C16H16ClN5/c1-21-15-14(8-20-21)16(19-10-18-15)22(13-6-7-13)9-11-2-4-12(17)5-3-11/h2-5,8,10,13H,6-7,9H2,1H3. The topological polar surface area (TPSA) is 46.8 Å². The molecule has 0 N–H and O–H groups in total. The number of hydrogen-bond donors (Lipinski definition) is 0. The normalized spacial score (nSPS) is 14.5. The van der Waals surface area contributed by atoms with E-state index in [1.807, 2.05) is 25.4 Å². The second-order valence-electron chi connectivity index (χ2n) is 5.69. The van der Waals surface area contributed by atoms with Gasteiger partial charge in [-0.25, -0.2) is 9.97 Å². The molecule has 1 aromatic carbocycles. The predicted octanol–water partition coefficient (Wildman–Crippen LogP) is 3.19. The highest BCUT2D eigenvalue weighted by Gasteiger charge is 2.31. The van der Waals surface area contributed by atoms with Crippen LogP contribution in [0.3, 0.4) is 0 Å². The third-order valence-electron chi connectivity index (χ3n) is 4.03. The molecule has 22 heavy (non-hydrogen) atoms. The van der Waals surface area contributed by atoms with Crippen molar-refractivity contribution >= 4 is 28.5 Å². The minimum atomic E-state index is 0.550. The first kappa shape index (κ1) is 13.5. The average Bonchev–Trinajstić information content (AvgIpc) is 3.30. The Balaban J connectivity index is 1.73. The Kier molecular flexibility index (Phi) is 3.22. The number of fused-ring (bicyclic) bond motifs is 1. The Hall–Kier alpha value is -2.14. The molecule has 0 spiro atoms. The lowest BCUT2D eigenvalue weighted by Gasteiger charge is -2.24. The lowest BCUT2D eigenvalue weighted by atomic mass is 10.2. The largest absolute Gasteiger partial charge is 0.349 e. The predicted molar refractivity (Wildman–Crippen MR) is 87.0 cm³/mol. The number of benzene rings is 1. The van der Waals surface area contributed by atoms with Gasteiger partial charge in [0.15, 0.2) is 5.65 Å². The third kappa shape index (κ3) is 2.41. The molecule has 1 saturated carbocycles. The summed E-state index contributed by atoms with van der Waals surface area (Å²) in [6.45, 7) is 0.822. The van der Waals surface area contributed by atoms with Crippen LogP contribution in [-0.2, 0) is 13.6 Å². The van der Waals surface area contributed by atoms with E-state index in [1.165, 1.54) is 18.4 Å². The first-order valence-electron chi connectivity index (χ1n) is 7.36.